The SMILES string of the molecule is CC1(C)CN(Cc2cc(=O)n3ccccc3n2)CCC1N.Cl. The van der Waals surface area contributed by atoms with E-state index in [2.05, 4.69) is 23.7 Å². The number of hydrogen-bond acceptors (Lipinski definition) is 4. The molecule has 0 radical (unpaired) electrons. The van der Waals surface area contributed by atoms with Crippen LogP contribution in [0.25, 0.3) is 5.65 Å². The van der Waals surface area contributed by atoms with Gasteiger partial charge in [-0.2, -0.15) is 0 Å². The summed E-state index contributed by atoms with van der Waals surface area (Å²) in [6.45, 7) is 7.00. The molecule has 2 N–H and O–H groups in total. The summed E-state index contributed by atoms with van der Waals surface area (Å²) in [6.07, 6.45) is 2.73. The molecule has 0 spiro atoms. The second kappa shape index (κ2) is 6.36. The van der Waals surface area contributed by atoms with Crippen LogP contribution in [-0.4, -0.2) is 33.4 Å². The molecule has 0 amide bonds. The second-order valence-electron chi connectivity index (χ2n) is 6.61. The Bertz CT molecular complexity index is 713. The highest BCUT2D eigenvalue weighted by molar-refractivity contribution is 5.85. The Morgan fingerprint density at radius 1 is 1.41 bits per heavy atom. The van der Waals surface area contributed by atoms with E-state index in [1.54, 1.807) is 16.7 Å². The number of rotatable bonds is 2. The van der Waals surface area contributed by atoms with E-state index in [-0.39, 0.29) is 29.4 Å². The lowest BCUT2D eigenvalue weighted by Gasteiger charge is -2.42. The zero-order valence-electron chi connectivity index (χ0n) is 13.0. The van der Waals surface area contributed by atoms with Crippen molar-refractivity contribution in [3.8, 4) is 0 Å². The van der Waals surface area contributed by atoms with E-state index in [1.807, 2.05) is 18.2 Å². The molecule has 0 saturated carbocycles. The number of hydrogen-bond donors (Lipinski definition) is 1. The van der Waals surface area contributed by atoms with Crippen LogP contribution in [0.2, 0.25) is 0 Å². The summed E-state index contributed by atoms with van der Waals surface area (Å²) in [6, 6.07) is 7.47. The standard InChI is InChI=1S/C16H22N4O.ClH/c1-16(2)11-19(8-6-13(16)17)10-12-9-15(21)20-7-4-3-5-14(20)18-12;/h3-5,7,9,13H,6,8,10-11,17H2,1-2H3;1H. The predicted octanol–water partition coefficient (Wildman–Crippen LogP) is 1.68. The van der Waals surface area contributed by atoms with Gasteiger partial charge < -0.3 is 5.73 Å². The van der Waals surface area contributed by atoms with Crippen LogP contribution in [0.3, 0.4) is 0 Å². The molecule has 0 aliphatic carbocycles. The number of nitrogens with zero attached hydrogens (tertiary/aromatic N) is 3. The summed E-state index contributed by atoms with van der Waals surface area (Å²) < 4.78 is 1.57. The average molecular weight is 323 g/mol. The van der Waals surface area contributed by atoms with Crippen molar-refractivity contribution in [1.82, 2.24) is 14.3 Å². The summed E-state index contributed by atoms with van der Waals surface area (Å²) in [4.78, 5) is 19.0. The Hall–Kier alpha value is -1.43. The van der Waals surface area contributed by atoms with Gasteiger partial charge in [0.05, 0.1) is 5.69 Å². The molecule has 22 heavy (non-hydrogen) atoms. The van der Waals surface area contributed by atoms with Crippen LogP contribution in [0.15, 0.2) is 35.3 Å². The number of likely N-dealkylation sites (tertiary alicyclic amines) is 1. The monoisotopic (exact) mass is 322 g/mol. The van der Waals surface area contributed by atoms with Crippen LogP contribution in [0.5, 0.6) is 0 Å². The Morgan fingerprint density at radius 2 is 2.18 bits per heavy atom. The number of nitrogens with two attached hydrogens (primary N) is 1. The lowest BCUT2D eigenvalue weighted by atomic mass is 9.80. The van der Waals surface area contributed by atoms with Crippen molar-refractivity contribution >= 4 is 18.1 Å². The van der Waals surface area contributed by atoms with Gasteiger partial charge in [-0.15, -0.1) is 12.4 Å². The molecule has 120 valence electrons. The molecule has 6 heteroatoms. The minimum absolute atomic E-state index is 0. The molecule has 1 saturated heterocycles. The third-order valence-corrected chi connectivity index (χ3v) is 4.40. The van der Waals surface area contributed by atoms with Crippen molar-refractivity contribution in [3.05, 3.63) is 46.5 Å². The molecule has 3 heterocycles. The lowest BCUT2D eigenvalue weighted by Crippen LogP contribution is -2.52. The van der Waals surface area contributed by atoms with E-state index >= 15 is 0 Å². The fourth-order valence-corrected chi connectivity index (χ4v) is 3.03. The van der Waals surface area contributed by atoms with E-state index < -0.39 is 0 Å². The van der Waals surface area contributed by atoms with Crippen molar-refractivity contribution in [2.45, 2.75) is 32.9 Å². The zero-order chi connectivity index (χ0) is 15.0. The summed E-state index contributed by atoms with van der Waals surface area (Å²) in [5.41, 5.74) is 7.78. The van der Waals surface area contributed by atoms with Crippen molar-refractivity contribution in [3.63, 3.8) is 0 Å². The topological polar surface area (TPSA) is 63.6 Å². The van der Waals surface area contributed by atoms with Gasteiger partial charge in [0, 0.05) is 37.9 Å². The first-order valence-electron chi connectivity index (χ1n) is 7.41. The predicted molar refractivity (Wildman–Crippen MR) is 90.4 cm³/mol. The van der Waals surface area contributed by atoms with Gasteiger partial charge in [-0.3, -0.25) is 14.1 Å². The maximum absolute atomic E-state index is 12.1. The van der Waals surface area contributed by atoms with Gasteiger partial charge in [-0.05, 0) is 24.0 Å². The highest BCUT2D eigenvalue weighted by Crippen LogP contribution is 2.28. The molecular weight excluding hydrogens is 300 g/mol. The van der Waals surface area contributed by atoms with Crippen molar-refractivity contribution in [2.75, 3.05) is 13.1 Å². The number of piperidine rings is 1. The molecule has 2 aromatic rings. The molecule has 1 aliphatic rings. The molecule has 1 aliphatic heterocycles. The number of halogens is 1. The van der Waals surface area contributed by atoms with Gasteiger partial charge in [-0.25, -0.2) is 4.98 Å². The van der Waals surface area contributed by atoms with E-state index in [4.69, 9.17) is 5.73 Å². The van der Waals surface area contributed by atoms with Gasteiger partial charge in [0.1, 0.15) is 5.65 Å². The normalized spacial score (nSPS) is 21.5. The van der Waals surface area contributed by atoms with E-state index in [0.29, 0.717) is 12.2 Å². The first kappa shape index (κ1) is 16.9. The molecule has 1 unspecified atom stereocenters. The quantitative estimate of drug-likeness (QED) is 0.913. The Labute approximate surface area is 136 Å². The zero-order valence-corrected chi connectivity index (χ0v) is 13.8. The Morgan fingerprint density at radius 3 is 2.91 bits per heavy atom. The fourth-order valence-electron chi connectivity index (χ4n) is 3.03. The van der Waals surface area contributed by atoms with Gasteiger partial charge >= 0.3 is 0 Å². The minimum atomic E-state index is -0.0245. The summed E-state index contributed by atoms with van der Waals surface area (Å²) in [7, 11) is 0. The molecule has 0 bridgehead atoms. The maximum atomic E-state index is 12.1. The average Bonchev–Trinajstić information content (AvgIpc) is 2.43. The molecule has 5 nitrogen and oxygen atoms in total. The molecule has 1 atom stereocenters. The minimum Gasteiger partial charge on any atom is -0.327 e. The van der Waals surface area contributed by atoms with Crippen LogP contribution < -0.4 is 11.3 Å². The van der Waals surface area contributed by atoms with Crippen LogP contribution in [0.1, 0.15) is 26.0 Å². The number of aromatic nitrogens is 2. The first-order valence-corrected chi connectivity index (χ1v) is 7.41. The van der Waals surface area contributed by atoms with Crippen LogP contribution in [0.4, 0.5) is 0 Å². The van der Waals surface area contributed by atoms with Gasteiger partial charge in [-0.1, -0.05) is 19.9 Å². The fraction of sp³-hybridized carbons (Fsp3) is 0.500. The van der Waals surface area contributed by atoms with E-state index in [1.165, 1.54) is 0 Å². The molecule has 1 fully saturated rings. The van der Waals surface area contributed by atoms with Gasteiger partial charge in [0.2, 0.25) is 0 Å². The summed E-state index contributed by atoms with van der Waals surface area (Å²) in [5.74, 6) is 0. The number of fused-ring (bicyclic) bond motifs is 1. The Kier molecular flexibility index (Phi) is 4.90. The number of pyridine rings is 1. The summed E-state index contributed by atoms with van der Waals surface area (Å²) >= 11 is 0. The lowest BCUT2D eigenvalue weighted by molar-refractivity contribution is 0.0889. The molecule has 3 rings (SSSR count). The maximum Gasteiger partial charge on any atom is 0.258 e. The molecular formula is C16H23ClN4O. The van der Waals surface area contributed by atoms with E-state index in [0.717, 1.165) is 25.2 Å². The van der Waals surface area contributed by atoms with Crippen LogP contribution >= 0.6 is 12.4 Å². The first-order chi connectivity index (χ1) is 9.95. The van der Waals surface area contributed by atoms with Gasteiger partial charge in [0.25, 0.3) is 5.56 Å². The third kappa shape index (κ3) is 3.32. The summed E-state index contributed by atoms with van der Waals surface area (Å²) in [5, 5.41) is 0. The van der Waals surface area contributed by atoms with E-state index in [9.17, 15) is 4.79 Å². The molecule has 0 aromatic carbocycles. The smallest absolute Gasteiger partial charge is 0.258 e. The Balaban J connectivity index is 0.00000176. The largest absolute Gasteiger partial charge is 0.327 e. The third-order valence-electron chi connectivity index (χ3n) is 4.40. The van der Waals surface area contributed by atoms with Crippen molar-refractivity contribution in [2.24, 2.45) is 11.1 Å². The second-order valence-corrected chi connectivity index (χ2v) is 6.61. The van der Waals surface area contributed by atoms with Gasteiger partial charge in [0.15, 0.2) is 0 Å². The van der Waals surface area contributed by atoms with Crippen molar-refractivity contribution < 1.29 is 0 Å². The highest BCUT2D eigenvalue weighted by Gasteiger charge is 2.33. The van der Waals surface area contributed by atoms with Crippen molar-refractivity contribution in [1.29, 1.82) is 0 Å². The molecule has 2 aromatic heterocycles. The van der Waals surface area contributed by atoms with Crippen LogP contribution in [0, 0.1) is 5.41 Å². The highest BCUT2D eigenvalue weighted by atomic mass is 35.5. The van der Waals surface area contributed by atoms with Crippen LogP contribution in [-0.2, 0) is 6.54 Å².